The molecule has 1 N–H and O–H groups in total. The highest BCUT2D eigenvalue weighted by Crippen LogP contribution is 2.13. The van der Waals surface area contributed by atoms with Crippen molar-refractivity contribution in [3.05, 3.63) is 35.4 Å². The van der Waals surface area contributed by atoms with Gasteiger partial charge in [0.05, 0.1) is 25.9 Å². The van der Waals surface area contributed by atoms with Gasteiger partial charge in [-0.3, -0.25) is 0 Å². The molecule has 3 heteroatoms. The first-order chi connectivity index (χ1) is 8.09. The molecule has 1 unspecified atom stereocenters. The zero-order valence-corrected chi connectivity index (χ0v) is 10.8. The van der Waals surface area contributed by atoms with Crippen molar-refractivity contribution in [3.8, 4) is 0 Å². The van der Waals surface area contributed by atoms with E-state index in [1.165, 1.54) is 5.56 Å². The first-order valence-corrected chi connectivity index (χ1v) is 6.03. The fourth-order valence-corrected chi connectivity index (χ4v) is 1.42. The van der Waals surface area contributed by atoms with Gasteiger partial charge in [-0.05, 0) is 26.3 Å². The molecule has 1 rings (SSSR count). The Labute approximate surface area is 103 Å². The van der Waals surface area contributed by atoms with Crippen LogP contribution in [0, 0.1) is 6.92 Å². The summed E-state index contributed by atoms with van der Waals surface area (Å²) >= 11 is 0. The highest BCUT2D eigenvalue weighted by Gasteiger charge is 2.06. The van der Waals surface area contributed by atoms with Crippen molar-refractivity contribution in [2.24, 2.45) is 0 Å². The van der Waals surface area contributed by atoms with Gasteiger partial charge in [-0.1, -0.05) is 29.8 Å². The molecule has 0 radical (unpaired) electrons. The van der Waals surface area contributed by atoms with Crippen molar-refractivity contribution < 1.29 is 14.6 Å². The molecule has 1 aromatic carbocycles. The van der Waals surface area contributed by atoms with Crippen LogP contribution in [0.3, 0.4) is 0 Å². The maximum Gasteiger partial charge on any atom is 0.102 e. The summed E-state index contributed by atoms with van der Waals surface area (Å²) in [4.78, 5) is 0. The first-order valence-electron chi connectivity index (χ1n) is 6.03. The molecule has 0 saturated heterocycles. The van der Waals surface area contributed by atoms with Crippen molar-refractivity contribution in [2.45, 2.75) is 33.0 Å². The largest absolute Gasteiger partial charge is 0.386 e. The predicted octanol–water partition coefficient (Wildman–Crippen LogP) is 2.47. The van der Waals surface area contributed by atoms with Crippen LogP contribution in [0.2, 0.25) is 0 Å². The number of benzene rings is 1. The Kier molecular flexibility index (Phi) is 6.19. The number of hydrogen-bond acceptors (Lipinski definition) is 3. The van der Waals surface area contributed by atoms with Crippen LogP contribution in [0.25, 0.3) is 0 Å². The van der Waals surface area contributed by atoms with Crippen LogP contribution >= 0.6 is 0 Å². The SMILES string of the molecule is Cc1ccc(C(O)COCCOC(C)C)cc1. The van der Waals surface area contributed by atoms with Gasteiger partial charge >= 0.3 is 0 Å². The number of rotatable bonds is 7. The maximum atomic E-state index is 9.85. The van der Waals surface area contributed by atoms with Gasteiger partial charge in [-0.2, -0.15) is 0 Å². The van der Waals surface area contributed by atoms with Crippen molar-refractivity contribution in [1.82, 2.24) is 0 Å². The summed E-state index contributed by atoms with van der Waals surface area (Å²) in [6.45, 7) is 7.39. The second-order valence-corrected chi connectivity index (χ2v) is 4.42. The monoisotopic (exact) mass is 238 g/mol. The molecular formula is C14H22O3. The van der Waals surface area contributed by atoms with Gasteiger partial charge in [0.2, 0.25) is 0 Å². The Morgan fingerprint density at radius 1 is 1.12 bits per heavy atom. The Hall–Kier alpha value is -0.900. The fourth-order valence-electron chi connectivity index (χ4n) is 1.42. The molecule has 0 amide bonds. The van der Waals surface area contributed by atoms with Gasteiger partial charge in [0.15, 0.2) is 0 Å². The lowest BCUT2D eigenvalue weighted by atomic mass is 10.1. The number of aliphatic hydroxyl groups is 1. The van der Waals surface area contributed by atoms with Crippen LogP contribution < -0.4 is 0 Å². The Morgan fingerprint density at radius 2 is 1.76 bits per heavy atom. The minimum Gasteiger partial charge on any atom is -0.386 e. The number of aryl methyl sites for hydroxylation is 1. The molecule has 1 atom stereocenters. The molecule has 96 valence electrons. The average molecular weight is 238 g/mol. The standard InChI is InChI=1S/C14H22O3/c1-11(2)17-9-8-16-10-14(15)13-6-4-12(3)5-7-13/h4-7,11,14-15H,8-10H2,1-3H3. The quantitative estimate of drug-likeness (QED) is 0.742. The molecule has 0 heterocycles. The lowest BCUT2D eigenvalue weighted by molar-refractivity contribution is -0.0110. The van der Waals surface area contributed by atoms with Crippen molar-refractivity contribution in [3.63, 3.8) is 0 Å². The van der Waals surface area contributed by atoms with E-state index in [0.29, 0.717) is 19.8 Å². The molecule has 0 aliphatic heterocycles. The second kappa shape index (κ2) is 7.43. The fraction of sp³-hybridized carbons (Fsp3) is 0.571. The summed E-state index contributed by atoms with van der Waals surface area (Å²) in [5, 5.41) is 9.85. The highest BCUT2D eigenvalue weighted by atomic mass is 16.5. The van der Waals surface area contributed by atoms with E-state index in [9.17, 15) is 5.11 Å². The molecule has 0 bridgehead atoms. The van der Waals surface area contributed by atoms with Crippen LogP contribution in [0.4, 0.5) is 0 Å². The van der Waals surface area contributed by atoms with Gasteiger partial charge in [0.1, 0.15) is 6.10 Å². The minimum atomic E-state index is -0.561. The molecule has 1 aromatic rings. The van der Waals surface area contributed by atoms with Crippen LogP contribution in [0.1, 0.15) is 31.1 Å². The minimum absolute atomic E-state index is 0.223. The van der Waals surface area contributed by atoms with E-state index >= 15 is 0 Å². The molecule has 17 heavy (non-hydrogen) atoms. The van der Waals surface area contributed by atoms with Gasteiger partial charge in [0.25, 0.3) is 0 Å². The molecular weight excluding hydrogens is 216 g/mol. The molecule has 3 nitrogen and oxygen atoms in total. The number of hydrogen-bond donors (Lipinski definition) is 1. The molecule has 0 saturated carbocycles. The lowest BCUT2D eigenvalue weighted by Gasteiger charge is -2.12. The Balaban J connectivity index is 2.21. The summed E-state index contributed by atoms with van der Waals surface area (Å²) < 4.78 is 10.7. The summed E-state index contributed by atoms with van der Waals surface area (Å²) in [5.41, 5.74) is 2.08. The van der Waals surface area contributed by atoms with E-state index in [0.717, 1.165) is 5.56 Å². The predicted molar refractivity (Wildman–Crippen MR) is 68.0 cm³/mol. The summed E-state index contributed by atoms with van der Waals surface area (Å²) in [7, 11) is 0. The zero-order chi connectivity index (χ0) is 12.7. The molecule has 0 aliphatic rings. The van der Waals surface area contributed by atoms with Crippen molar-refractivity contribution >= 4 is 0 Å². The van der Waals surface area contributed by atoms with Crippen LogP contribution in [0.5, 0.6) is 0 Å². The van der Waals surface area contributed by atoms with Crippen molar-refractivity contribution in [2.75, 3.05) is 19.8 Å². The van der Waals surface area contributed by atoms with E-state index < -0.39 is 6.10 Å². The molecule has 0 aromatic heterocycles. The first kappa shape index (κ1) is 14.2. The lowest BCUT2D eigenvalue weighted by Crippen LogP contribution is -2.13. The average Bonchev–Trinajstić information content (AvgIpc) is 2.29. The summed E-state index contributed by atoms with van der Waals surface area (Å²) in [5.74, 6) is 0. The number of aliphatic hydroxyl groups excluding tert-OH is 1. The highest BCUT2D eigenvalue weighted by molar-refractivity contribution is 5.23. The normalized spacial score (nSPS) is 13.0. The van der Waals surface area contributed by atoms with Crippen LogP contribution in [0.15, 0.2) is 24.3 Å². The van der Waals surface area contributed by atoms with Crippen LogP contribution in [-0.4, -0.2) is 31.0 Å². The van der Waals surface area contributed by atoms with Gasteiger partial charge in [0, 0.05) is 0 Å². The molecule has 0 spiro atoms. The number of ether oxygens (including phenoxy) is 2. The van der Waals surface area contributed by atoms with Gasteiger partial charge in [-0.15, -0.1) is 0 Å². The van der Waals surface area contributed by atoms with E-state index in [-0.39, 0.29) is 6.10 Å². The van der Waals surface area contributed by atoms with E-state index in [1.54, 1.807) is 0 Å². The third-order valence-corrected chi connectivity index (χ3v) is 2.42. The van der Waals surface area contributed by atoms with E-state index in [2.05, 4.69) is 0 Å². The smallest absolute Gasteiger partial charge is 0.102 e. The van der Waals surface area contributed by atoms with Crippen LogP contribution in [-0.2, 0) is 9.47 Å². The van der Waals surface area contributed by atoms with E-state index in [4.69, 9.17) is 9.47 Å². The molecule has 0 aliphatic carbocycles. The Bertz CT molecular complexity index is 306. The van der Waals surface area contributed by atoms with Gasteiger partial charge in [-0.25, -0.2) is 0 Å². The second-order valence-electron chi connectivity index (χ2n) is 4.42. The Morgan fingerprint density at radius 3 is 2.35 bits per heavy atom. The van der Waals surface area contributed by atoms with Gasteiger partial charge < -0.3 is 14.6 Å². The van der Waals surface area contributed by atoms with Crippen molar-refractivity contribution in [1.29, 1.82) is 0 Å². The topological polar surface area (TPSA) is 38.7 Å². The summed E-state index contributed by atoms with van der Waals surface area (Å²) in [6, 6.07) is 7.82. The zero-order valence-electron chi connectivity index (χ0n) is 10.8. The third kappa shape index (κ3) is 5.82. The third-order valence-electron chi connectivity index (χ3n) is 2.42. The maximum absolute atomic E-state index is 9.85. The summed E-state index contributed by atoms with van der Waals surface area (Å²) in [6.07, 6.45) is -0.338. The van der Waals surface area contributed by atoms with E-state index in [1.807, 2.05) is 45.0 Å². The molecule has 0 fully saturated rings.